The van der Waals surface area contributed by atoms with Gasteiger partial charge in [0.15, 0.2) is 0 Å². The first-order valence-electron chi connectivity index (χ1n) is 8.51. The number of rotatable bonds is 4. The topological polar surface area (TPSA) is 24.9 Å². The number of hydrogen-bond donors (Lipinski definition) is 0. The molecule has 2 aliphatic heterocycles. The van der Waals surface area contributed by atoms with Gasteiger partial charge in [0.25, 0.3) is 0 Å². The summed E-state index contributed by atoms with van der Waals surface area (Å²) in [7, 11) is 0. The third-order valence-corrected chi connectivity index (χ3v) is 5.27. The highest BCUT2D eigenvalue weighted by atomic mass is 32.1. The zero-order valence-corrected chi connectivity index (χ0v) is 15.5. The van der Waals surface area contributed by atoms with E-state index in [1.165, 1.54) is 11.1 Å². The molecule has 2 saturated heterocycles. The fraction of sp³-hybridized carbons (Fsp3) is 0.556. The highest BCUT2D eigenvalue weighted by Crippen LogP contribution is 2.12. The van der Waals surface area contributed by atoms with Gasteiger partial charge in [-0.15, -0.1) is 0 Å². The largest absolute Gasteiger partial charge is 0.378 e. The number of nitrogens with zero attached hydrogens (tertiary/aromatic N) is 2. The van der Waals surface area contributed by atoms with Crippen LogP contribution in [-0.2, 0) is 22.3 Å². The van der Waals surface area contributed by atoms with Crippen LogP contribution in [-0.4, -0.2) is 72.4 Å². The average molecular weight is 365 g/mol. The Labute approximate surface area is 154 Å². The van der Waals surface area contributed by atoms with E-state index in [0.717, 1.165) is 75.4 Å². The van der Waals surface area contributed by atoms with Gasteiger partial charge in [0, 0.05) is 39.0 Å². The van der Waals surface area contributed by atoms with Crippen molar-refractivity contribution in [2.24, 2.45) is 0 Å². The van der Waals surface area contributed by atoms with Crippen molar-refractivity contribution < 1.29 is 9.47 Å². The molecule has 130 valence electrons. The second kappa shape index (κ2) is 8.85. The SMILES string of the molecule is S=C(Cc1ccc(CC(=S)N2CCOCC2)cc1)N1CCOCC1. The maximum atomic E-state index is 5.58. The van der Waals surface area contributed by atoms with Crippen LogP contribution in [0, 0.1) is 0 Å². The van der Waals surface area contributed by atoms with E-state index in [1.807, 2.05) is 0 Å². The van der Waals surface area contributed by atoms with Gasteiger partial charge in [-0.25, -0.2) is 0 Å². The molecule has 0 saturated carbocycles. The normalized spacial score (nSPS) is 18.5. The zero-order chi connectivity index (χ0) is 16.8. The zero-order valence-electron chi connectivity index (χ0n) is 13.9. The molecule has 4 nitrogen and oxygen atoms in total. The van der Waals surface area contributed by atoms with Crippen LogP contribution in [0.1, 0.15) is 11.1 Å². The van der Waals surface area contributed by atoms with Crippen LogP contribution in [0.3, 0.4) is 0 Å². The van der Waals surface area contributed by atoms with Crippen LogP contribution in [0.4, 0.5) is 0 Å². The predicted octanol–water partition coefficient (Wildman–Crippen LogP) is 2.09. The van der Waals surface area contributed by atoms with Gasteiger partial charge in [0.2, 0.25) is 0 Å². The Morgan fingerprint density at radius 1 is 0.708 bits per heavy atom. The predicted molar refractivity (Wildman–Crippen MR) is 104 cm³/mol. The summed E-state index contributed by atoms with van der Waals surface area (Å²) >= 11 is 11.2. The molecule has 6 heteroatoms. The van der Waals surface area contributed by atoms with E-state index in [1.54, 1.807) is 0 Å². The van der Waals surface area contributed by atoms with Crippen molar-refractivity contribution in [3.63, 3.8) is 0 Å². The van der Waals surface area contributed by atoms with Crippen molar-refractivity contribution in [2.75, 3.05) is 52.6 Å². The molecule has 3 rings (SSSR count). The summed E-state index contributed by atoms with van der Waals surface area (Å²) in [6, 6.07) is 8.68. The lowest BCUT2D eigenvalue weighted by molar-refractivity contribution is 0.0684. The summed E-state index contributed by atoms with van der Waals surface area (Å²) in [5.41, 5.74) is 2.51. The van der Waals surface area contributed by atoms with Crippen molar-refractivity contribution in [3.05, 3.63) is 35.4 Å². The van der Waals surface area contributed by atoms with E-state index in [9.17, 15) is 0 Å². The van der Waals surface area contributed by atoms with Crippen LogP contribution in [0.15, 0.2) is 24.3 Å². The number of ether oxygens (including phenoxy) is 2. The first kappa shape index (κ1) is 17.7. The monoisotopic (exact) mass is 364 g/mol. The first-order valence-corrected chi connectivity index (χ1v) is 9.33. The van der Waals surface area contributed by atoms with E-state index in [2.05, 4.69) is 34.1 Å². The van der Waals surface area contributed by atoms with Gasteiger partial charge < -0.3 is 19.3 Å². The number of morpholine rings is 2. The Bertz CT molecular complexity index is 514. The highest BCUT2D eigenvalue weighted by molar-refractivity contribution is 7.80. The molecule has 0 spiro atoms. The minimum absolute atomic E-state index is 0.776. The first-order chi connectivity index (χ1) is 11.7. The molecule has 24 heavy (non-hydrogen) atoms. The quantitative estimate of drug-likeness (QED) is 0.759. The van der Waals surface area contributed by atoms with Gasteiger partial charge in [-0.2, -0.15) is 0 Å². The van der Waals surface area contributed by atoms with Crippen molar-refractivity contribution in [3.8, 4) is 0 Å². The van der Waals surface area contributed by atoms with Gasteiger partial charge >= 0.3 is 0 Å². The summed E-state index contributed by atoms with van der Waals surface area (Å²) in [4.78, 5) is 6.52. The minimum atomic E-state index is 0.776. The lowest BCUT2D eigenvalue weighted by Gasteiger charge is -2.29. The molecule has 2 aliphatic rings. The van der Waals surface area contributed by atoms with Gasteiger partial charge in [-0.1, -0.05) is 48.7 Å². The highest BCUT2D eigenvalue weighted by Gasteiger charge is 2.15. The van der Waals surface area contributed by atoms with Crippen LogP contribution in [0.2, 0.25) is 0 Å². The maximum absolute atomic E-state index is 5.58. The molecule has 0 N–H and O–H groups in total. The van der Waals surface area contributed by atoms with E-state index < -0.39 is 0 Å². The summed E-state index contributed by atoms with van der Waals surface area (Å²) < 4.78 is 10.8. The van der Waals surface area contributed by atoms with Crippen LogP contribution >= 0.6 is 24.4 Å². The smallest absolute Gasteiger partial charge is 0.0825 e. The molecular weight excluding hydrogens is 340 g/mol. The number of hydrogen-bond acceptors (Lipinski definition) is 4. The van der Waals surface area contributed by atoms with Crippen molar-refractivity contribution >= 4 is 34.4 Å². The van der Waals surface area contributed by atoms with Gasteiger partial charge in [-0.05, 0) is 11.1 Å². The lowest BCUT2D eigenvalue weighted by Crippen LogP contribution is -2.40. The Morgan fingerprint density at radius 2 is 1.04 bits per heavy atom. The molecule has 1 aromatic carbocycles. The summed E-state index contributed by atoms with van der Waals surface area (Å²) in [5.74, 6) is 0. The van der Waals surface area contributed by atoms with Gasteiger partial charge in [0.05, 0.1) is 36.4 Å². The Balaban J connectivity index is 1.51. The average Bonchev–Trinajstić information content (AvgIpc) is 2.65. The maximum Gasteiger partial charge on any atom is 0.0825 e. The Hall–Kier alpha value is -1.08. The molecule has 2 fully saturated rings. The van der Waals surface area contributed by atoms with Gasteiger partial charge in [0.1, 0.15) is 0 Å². The molecule has 0 radical (unpaired) electrons. The molecule has 0 amide bonds. The number of benzene rings is 1. The van der Waals surface area contributed by atoms with Crippen molar-refractivity contribution in [2.45, 2.75) is 12.8 Å². The van der Waals surface area contributed by atoms with Crippen LogP contribution in [0.25, 0.3) is 0 Å². The second-order valence-electron chi connectivity index (χ2n) is 6.16. The van der Waals surface area contributed by atoms with E-state index >= 15 is 0 Å². The molecule has 0 aliphatic carbocycles. The van der Waals surface area contributed by atoms with E-state index in [4.69, 9.17) is 33.9 Å². The molecular formula is C18H24N2O2S2. The summed E-state index contributed by atoms with van der Waals surface area (Å²) in [6.45, 7) is 6.73. The fourth-order valence-corrected chi connectivity index (χ4v) is 3.67. The third kappa shape index (κ3) is 4.96. The number of thiocarbonyl (C=S) groups is 2. The molecule has 0 unspecified atom stereocenters. The fourth-order valence-electron chi connectivity index (χ4n) is 2.97. The van der Waals surface area contributed by atoms with Crippen molar-refractivity contribution in [1.29, 1.82) is 0 Å². The molecule has 0 bridgehead atoms. The summed E-state index contributed by atoms with van der Waals surface area (Å²) in [5, 5.41) is 0. The Kier molecular flexibility index (Phi) is 6.54. The van der Waals surface area contributed by atoms with E-state index in [0.29, 0.717) is 0 Å². The summed E-state index contributed by atoms with van der Waals surface area (Å²) in [6.07, 6.45) is 1.65. The van der Waals surface area contributed by atoms with Crippen LogP contribution in [0.5, 0.6) is 0 Å². The van der Waals surface area contributed by atoms with Gasteiger partial charge in [-0.3, -0.25) is 0 Å². The standard InChI is InChI=1S/C18H24N2O2S2/c23-17(19-5-9-21-10-6-19)13-15-1-2-16(4-3-15)14-18(24)20-7-11-22-12-8-20/h1-4H,5-14H2. The van der Waals surface area contributed by atoms with Crippen LogP contribution < -0.4 is 0 Å². The lowest BCUT2D eigenvalue weighted by atomic mass is 10.1. The molecule has 2 heterocycles. The second-order valence-corrected chi connectivity index (χ2v) is 7.10. The molecule has 1 aromatic rings. The van der Waals surface area contributed by atoms with Crippen molar-refractivity contribution in [1.82, 2.24) is 9.80 Å². The third-order valence-electron chi connectivity index (χ3n) is 4.46. The Morgan fingerprint density at radius 3 is 1.38 bits per heavy atom. The van der Waals surface area contributed by atoms with E-state index in [-0.39, 0.29) is 0 Å². The molecule has 0 aromatic heterocycles. The minimum Gasteiger partial charge on any atom is -0.378 e. The molecule has 0 atom stereocenters.